The standard InChI is InChI=1S/C15H22FNO/c1-15(2,3)17-9-12-6-7-14(13(16)8-12)18-10-11-4-5-11/h6-8,11,17H,4-5,9-10H2,1-3H3. The van der Waals surface area contributed by atoms with Crippen molar-refractivity contribution in [3.63, 3.8) is 0 Å². The fourth-order valence-corrected chi connectivity index (χ4v) is 1.63. The smallest absolute Gasteiger partial charge is 0.165 e. The maximum absolute atomic E-state index is 13.8. The van der Waals surface area contributed by atoms with E-state index >= 15 is 0 Å². The molecule has 1 N–H and O–H groups in total. The molecule has 18 heavy (non-hydrogen) atoms. The number of halogens is 1. The Morgan fingerprint density at radius 2 is 2.06 bits per heavy atom. The summed E-state index contributed by atoms with van der Waals surface area (Å²) in [5.74, 6) is 0.761. The monoisotopic (exact) mass is 251 g/mol. The molecule has 2 rings (SSSR count). The summed E-state index contributed by atoms with van der Waals surface area (Å²) < 4.78 is 19.3. The molecule has 0 bridgehead atoms. The molecule has 100 valence electrons. The van der Waals surface area contributed by atoms with E-state index in [1.54, 1.807) is 12.1 Å². The van der Waals surface area contributed by atoms with Gasteiger partial charge in [0.05, 0.1) is 6.61 Å². The SMILES string of the molecule is CC(C)(C)NCc1ccc(OCC2CC2)c(F)c1. The minimum Gasteiger partial charge on any atom is -0.490 e. The fraction of sp³-hybridized carbons (Fsp3) is 0.600. The molecular formula is C15H22FNO. The summed E-state index contributed by atoms with van der Waals surface area (Å²) in [5, 5.41) is 3.34. The molecular weight excluding hydrogens is 229 g/mol. The molecule has 0 atom stereocenters. The third kappa shape index (κ3) is 4.30. The third-order valence-electron chi connectivity index (χ3n) is 2.99. The third-order valence-corrected chi connectivity index (χ3v) is 2.99. The second kappa shape index (κ2) is 5.27. The molecule has 2 nitrogen and oxygen atoms in total. The normalized spacial score (nSPS) is 15.8. The van der Waals surface area contributed by atoms with Gasteiger partial charge in [0.2, 0.25) is 0 Å². The zero-order valence-electron chi connectivity index (χ0n) is 11.4. The Hall–Kier alpha value is -1.09. The fourth-order valence-electron chi connectivity index (χ4n) is 1.63. The first-order valence-electron chi connectivity index (χ1n) is 6.60. The van der Waals surface area contributed by atoms with E-state index in [4.69, 9.17) is 4.74 Å². The largest absolute Gasteiger partial charge is 0.490 e. The highest BCUT2D eigenvalue weighted by molar-refractivity contribution is 5.29. The van der Waals surface area contributed by atoms with Gasteiger partial charge in [0.25, 0.3) is 0 Å². The highest BCUT2D eigenvalue weighted by Gasteiger charge is 2.22. The zero-order chi connectivity index (χ0) is 13.2. The minimum atomic E-state index is -0.260. The summed E-state index contributed by atoms with van der Waals surface area (Å²) in [7, 11) is 0. The molecule has 1 saturated carbocycles. The van der Waals surface area contributed by atoms with Crippen molar-refractivity contribution in [2.45, 2.75) is 45.7 Å². The molecule has 0 radical (unpaired) electrons. The molecule has 0 saturated heterocycles. The lowest BCUT2D eigenvalue weighted by Gasteiger charge is -2.20. The van der Waals surface area contributed by atoms with Gasteiger partial charge in [-0.15, -0.1) is 0 Å². The average Bonchev–Trinajstić information content (AvgIpc) is 3.08. The van der Waals surface area contributed by atoms with E-state index in [0.717, 1.165) is 5.56 Å². The summed E-state index contributed by atoms with van der Waals surface area (Å²) in [5.41, 5.74) is 0.985. The van der Waals surface area contributed by atoms with E-state index in [2.05, 4.69) is 26.1 Å². The van der Waals surface area contributed by atoms with E-state index in [1.807, 2.05) is 6.07 Å². The number of ether oxygens (including phenoxy) is 1. The van der Waals surface area contributed by atoms with E-state index in [-0.39, 0.29) is 11.4 Å². The van der Waals surface area contributed by atoms with Crippen LogP contribution < -0.4 is 10.1 Å². The topological polar surface area (TPSA) is 21.3 Å². The van der Waals surface area contributed by atoms with Gasteiger partial charge in [0.1, 0.15) is 0 Å². The number of hydrogen-bond donors (Lipinski definition) is 1. The molecule has 0 amide bonds. The maximum atomic E-state index is 13.8. The van der Waals surface area contributed by atoms with Crippen LogP contribution in [0.25, 0.3) is 0 Å². The lowest BCUT2D eigenvalue weighted by atomic mass is 10.1. The van der Waals surface area contributed by atoms with Gasteiger partial charge in [0.15, 0.2) is 11.6 Å². The summed E-state index contributed by atoms with van der Waals surface area (Å²) in [6.07, 6.45) is 2.43. The summed E-state index contributed by atoms with van der Waals surface area (Å²) in [6.45, 7) is 7.60. The summed E-state index contributed by atoms with van der Waals surface area (Å²) in [6, 6.07) is 5.21. The first-order valence-corrected chi connectivity index (χ1v) is 6.60. The molecule has 0 unspecified atom stereocenters. The van der Waals surface area contributed by atoms with Gasteiger partial charge in [-0.1, -0.05) is 6.07 Å². The van der Waals surface area contributed by atoms with Crippen molar-refractivity contribution < 1.29 is 9.13 Å². The van der Waals surface area contributed by atoms with E-state index in [0.29, 0.717) is 24.8 Å². The van der Waals surface area contributed by atoms with Crippen molar-refractivity contribution in [2.24, 2.45) is 5.92 Å². The van der Waals surface area contributed by atoms with E-state index in [9.17, 15) is 4.39 Å². The Bertz CT molecular complexity index is 407. The van der Waals surface area contributed by atoms with Crippen LogP contribution in [0.4, 0.5) is 4.39 Å². The van der Waals surface area contributed by atoms with Crippen molar-refractivity contribution in [2.75, 3.05) is 6.61 Å². The van der Waals surface area contributed by atoms with E-state index < -0.39 is 0 Å². The molecule has 1 aromatic carbocycles. The summed E-state index contributed by atoms with van der Waals surface area (Å²) in [4.78, 5) is 0. The first kappa shape index (κ1) is 13.3. The lowest BCUT2D eigenvalue weighted by molar-refractivity contribution is 0.285. The second-order valence-electron chi connectivity index (χ2n) is 6.12. The Labute approximate surface area is 109 Å². The molecule has 1 aromatic rings. The van der Waals surface area contributed by atoms with Crippen molar-refractivity contribution in [1.29, 1.82) is 0 Å². The predicted molar refractivity (Wildman–Crippen MR) is 71.2 cm³/mol. The van der Waals surface area contributed by atoms with Crippen molar-refractivity contribution in [1.82, 2.24) is 5.32 Å². The van der Waals surface area contributed by atoms with Crippen LogP contribution in [0.15, 0.2) is 18.2 Å². The number of hydrogen-bond acceptors (Lipinski definition) is 2. The Kier molecular flexibility index (Phi) is 3.91. The van der Waals surface area contributed by atoms with Crippen LogP contribution in [0.5, 0.6) is 5.75 Å². The first-order chi connectivity index (χ1) is 8.44. The van der Waals surface area contributed by atoms with Crippen LogP contribution in [0.1, 0.15) is 39.2 Å². The Morgan fingerprint density at radius 1 is 1.33 bits per heavy atom. The van der Waals surface area contributed by atoms with Crippen LogP contribution in [0.3, 0.4) is 0 Å². The highest BCUT2D eigenvalue weighted by atomic mass is 19.1. The van der Waals surface area contributed by atoms with Gasteiger partial charge in [-0.25, -0.2) is 4.39 Å². The molecule has 0 aliphatic heterocycles. The maximum Gasteiger partial charge on any atom is 0.165 e. The van der Waals surface area contributed by atoms with Gasteiger partial charge in [-0.05, 0) is 57.2 Å². The minimum absolute atomic E-state index is 0.0393. The molecule has 0 heterocycles. The highest BCUT2D eigenvalue weighted by Crippen LogP contribution is 2.30. The van der Waals surface area contributed by atoms with Crippen molar-refractivity contribution in [3.8, 4) is 5.75 Å². The quantitative estimate of drug-likeness (QED) is 0.864. The van der Waals surface area contributed by atoms with Gasteiger partial charge >= 0.3 is 0 Å². The van der Waals surface area contributed by atoms with Gasteiger partial charge in [-0.3, -0.25) is 0 Å². The van der Waals surface area contributed by atoms with Crippen LogP contribution >= 0.6 is 0 Å². The second-order valence-corrected chi connectivity index (χ2v) is 6.12. The molecule has 1 aliphatic carbocycles. The summed E-state index contributed by atoms with van der Waals surface area (Å²) >= 11 is 0. The average molecular weight is 251 g/mol. The van der Waals surface area contributed by atoms with Crippen LogP contribution in [-0.4, -0.2) is 12.1 Å². The van der Waals surface area contributed by atoms with E-state index in [1.165, 1.54) is 12.8 Å². The van der Waals surface area contributed by atoms with Crippen LogP contribution in [0.2, 0.25) is 0 Å². The molecule has 1 fully saturated rings. The number of benzene rings is 1. The van der Waals surface area contributed by atoms with Gasteiger partial charge in [0, 0.05) is 12.1 Å². The van der Waals surface area contributed by atoms with Crippen molar-refractivity contribution in [3.05, 3.63) is 29.6 Å². The van der Waals surface area contributed by atoms with Crippen LogP contribution in [-0.2, 0) is 6.54 Å². The number of nitrogens with one attached hydrogen (secondary N) is 1. The molecule has 3 heteroatoms. The zero-order valence-corrected chi connectivity index (χ0v) is 11.4. The number of rotatable bonds is 5. The molecule has 1 aliphatic rings. The molecule has 0 aromatic heterocycles. The predicted octanol–water partition coefficient (Wildman–Crippen LogP) is 3.50. The van der Waals surface area contributed by atoms with Crippen LogP contribution in [0, 0.1) is 11.7 Å². The van der Waals surface area contributed by atoms with Crippen molar-refractivity contribution >= 4 is 0 Å². The Balaban J connectivity index is 1.91. The lowest BCUT2D eigenvalue weighted by Crippen LogP contribution is -2.35. The Morgan fingerprint density at radius 3 is 2.61 bits per heavy atom. The van der Waals surface area contributed by atoms with Gasteiger partial charge in [-0.2, -0.15) is 0 Å². The molecule has 0 spiro atoms. The van der Waals surface area contributed by atoms with Gasteiger partial charge < -0.3 is 10.1 Å².